The molecule has 2 N–H and O–H groups in total. The first kappa shape index (κ1) is 25.8. The van der Waals surface area contributed by atoms with Gasteiger partial charge in [0.05, 0.1) is 19.3 Å². The van der Waals surface area contributed by atoms with E-state index < -0.39 is 0 Å². The van der Waals surface area contributed by atoms with Gasteiger partial charge in [0.25, 0.3) is 0 Å². The maximum atomic E-state index is 6.16. The van der Waals surface area contributed by atoms with Crippen molar-refractivity contribution in [3.63, 3.8) is 0 Å². The van der Waals surface area contributed by atoms with E-state index >= 15 is 0 Å². The second-order valence-electron chi connectivity index (χ2n) is 8.68. The van der Waals surface area contributed by atoms with Crippen LogP contribution >= 0.6 is 24.0 Å². The molecule has 2 aromatic rings. The van der Waals surface area contributed by atoms with Crippen molar-refractivity contribution in [3.8, 4) is 0 Å². The number of nitrogens with zero attached hydrogens (tertiary/aromatic N) is 2. The van der Waals surface area contributed by atoms with Crippen LogP contribution in [-0.2, 0) is 16.0 Å². The Bertz CT molecular complexity index is 867. The molecular weight excluding hydrogens is 527 g/mol. The molecule has 2 heterocycles. The Morgan fingerprint density at radius 1 is 1.00 bits per heavy atom. The summed E-state index contributed by atoms with van der Waals surface area (Å²) in [6.45, 7) is 8.08. The topological polar surface area (TPSA) is 58.1 Å². The van der Waals surface area contributed by atoms with Crippen molar-refractivity contribution >= 4 is 35.6 Å². The molecule has 0 radical (unpaired) electrons. The average molecular weight is 565 g/mol. The number of anilines is 1. The van der Waals surface area contributed by atoms with Gasteiger partial charge in [0.2, 0.25) is 0 Å². The molecule has 2 atom stereocenters. The Kier molecular flexibility index (Phi) is 10.3. The van der Waals surface area contributed by atoms with Crippen LogP contribution in [0.25, 0.3) is 0 Å². The summed E-state index contributed by atoms with van der Waals surface area (Å²) < 4.78 is 11.6. The maximum Gasteiger partial charge on any atom is 0.191 e. The first-order valence-corrected chi connectivity index (χ1v) is 11.8. The van der Waals surface area contributed by atoms with Crippen molar-refractivity contribution in [2.75, 3.05) is 51.4 Å². The van der Waals surface area contributed by atoms with Crippen LogP contribution in [0.5, 0.6) is 0 Å². The summed E-state index contributed by atoms with van der Waals surface area (Å²) in [7, 11) is 1.83. The molecule has 6 nitrogen and oxygen atoms in total. The van der Waals surface area contributed by atoms with E-state index in [1.165, 1.54) is 22.4 Å². The van der Waals surface area contributed by atoms with Crippen LogP contribution in [0, 0.1) is 12.8 Å². The Morgan fingerprint density at radius 2 is 1.73 bits per heavy atom. The molecule has 2 aliphatic heterocycles. The van der Waals surface area contributed by atoms with Crippen LogP contribution < -0.4 is 15.5 Å². The van der Waals surface area contributed by atoms with Crippen LogP contribution in [0.15, 0.2) is 53.5 Å². The molecule has 2 aromatic carbocycles. The van der Waals surface area contributed by atoms with Gasteiger partial charge in [-0.25, -0.2) is 0 Å². The van der Waals surface area contributed by atoms with Gasteiger partial charge in [0.15, 0.2) is 5.96 Å². The molecule has 33 heavy (non-hydrogen) atoms. The number of rotatable bonds is 6. The number of ether oxygens (including phenoxy) is 2. The number of hydrogen-bond donors (Lipinski definition) is 2. The molecule has 0 bridgehead atoms. The Labute approximate surface area is 215 Å². The van der Waals surface area contributed by atoms with E-state index in [9.17, 15) is 0 Å². The number of guanidine groups is 1. The van der Waals surface area contributed by atoms with Gasteiger partial charge in [-0.2, -0.15) is 0 Å². The number of aryl methyl sites for hydroxylation is 1. The summed E-state index contributed by atoms with van der Waals surface area (Å²) in [6, 6.07) is 17.5. The number of hydrogen-bond acceptors (Lipinski definition) is 4. The Hall–Kier alpha value is -1.84. The molecule has 180 valence electrons. The molecule has 2 unspecified atom stereocenters. The fourth-order valence-electron chi connectivity index (χ4n) is 4.46. The predicted octanol–water partition coefficient (Wildman–Crippen LogP) is 4.28. The fourth-order valence-corrected chi connectivity index (χ4v) is 4.46. The summed E-state index contributed by atoms with van der Waals surface area (Å²) in [4.78, 5) is 6.79. The third kappa shape index (κ3) is 7.32. The molecule has 2 aliphatic rings. The van der Waals surface area contributed by atoms with Crippen LogP contribution in [0.4, 0.5) is 5.69 Å². The lowest BCUT2D eigenvalue weighted by molar-refractivity contribution is -0.0265. The quantitative estimate of drug-likeness (QED) is 0.312. The minimum atomic E-state index is 0. The minimum Gasteiger partial charge on any atom is -0.378 e. The average Bonchev–Trinajstić information content (AvgIpc) is 2.86. The van der Waals surface area contributed by atoms with E-state index in [1.54, 1.807) is 0 Å². The third-order valence-corrected chi connectivity index (χ3v) is 6.38. The molecule has 2 saturated heterocycles. The molecule has 2 fully saturated rings. The van der Waals surface area contributed by atoms with Crippen molar-refractivity contribution in [1.82, 2.24) is 10.6 Å². The standard InChI is InChI=1S/C26H36N4O2.HI/c1-20-5-9-22(10-6-20)25-23(4-3-15-32-25)19-29-26(27-2)28-18-21-7-11-24(12-8-21)30-13-16-31-17-14-30;/h5-12,23,25H,3-4,13-19H2,1-2H3,(H2,27,28,29);1H. The summed E-state index contributed by atoms with van der Waals surface area (Å²) in [5, 5.41) is 6.97. The molecule has 0 amide bonds. The van der Waals surface area contributed by atoms with Gasteiger partial charge in [-0.3, -0.25) is 4.99 Å². The monoisotopic (exact) mass is 564 g/mol. The number of halogens is 1. The van der Waals surface area contributed by atoms with Crippen LogP contribution in [-0.4, -0.2) is 52.5 Å². The Balaban J connectivity index is 0.00000306. The first-order valence-electron chi connectivity index (χ1n) is 11.8. The predicted molar refractivity (Wildman–Crippen MR) is 146 cm³/mol. The van der Waals surface area contributed by atoms with E-state index in [-0.39, 0.29) is 30.1 Å². The van der Waals surface area contributed by atoms with Gasteiger partial charge in [-0.05, 0) is 43.0 Å². The van der Waals surface area contributed by atoms with Crippen molar-refractivity contribution in [2.24, 2.45) is 10.9 Å². The van der Waals surface area contributed by atoms with Crippen LogP contribution in [0.1, 0.15) is 35.6 Å². The zero-order chi connectivity index (χ0) is 22.2. The molecule has 0 saturated carbocycles. The smallest absolute Gasteiger partial charge is 0.191 e. The van der Waals surface area contributed by atoms with E-state index in [0.29, 0.717) is 5.92 Å². The maximum absolute atomic E-state index is 6.16. The lowest BCUT2D eigenvalue weighted by Crippen LogP contribution is -2.41. The molecule has 0 aliphatic carbocycles. The van der Waals surface area contributed by atoms with Gasteiger partial charge >= 0.3 is 0 Å². The van der Waals surface area contributed by atoms with Crippen molar-refractivity contribution in [1.29, 1.82) is 0 Å². The molecule has 0 spiro atoms. The lowest BCUT2D eigenvalue weighted by Gasteiger charge is -2.32. The zero-order valence-corrected chi connectivity index (χ0v) is 22.1. The highest BCUT2D eigenvalue weighted by molar-refractivity contribution is 14.0. The largest absolute Gasteiger partial charge is 0.378 e. The number of morpholine rings is 1. The highest BCUT2D eigenvalue weighted by atomic mass is 127. The van der Waals surface area contributed by atoms with Gasteiger partial charge in [-0.15, -0.1) is 24.0 Å². The van der Waals surface area contributed by atoms with Crippen LogP contribution in [0.3, 0.4) is 0 Å². The fraction of sp³-hybridized carbons (Fsp3) is 0.500. The van der Waals surface area contributed by atoms with Gasteiger partial charge in [0, 0.05) is 51.4 Å². The van der Waals surface area contributed by atoms with E-state index in [2.05, 4.69) is 76.0 Å². The molecule has 4 rings (SSSR count). The van der Waals surface area contributed by atoms with Gasteiger partial charge < -0.3 is 25.0 Å². The number of benzene rings is 2. The summed E-state index contributed by atoms with van der Waals surface area (Å²) in [5.74, 6) is 1.26. The number of aliphatic imine (C=N–C) groups is 1. The molecule has 7 heteroatoms. The van der Waals surface area contributed by atoms with Crippen molar-refractivity contribution < 1.29 is 9.47 Å². The molecular formula is C26H37IN4O2. The van der Waals surface area contributed by atoms with Crippen molar-refractivity contribution in [2.45, 2.75) is 32.4 Å². The minimum absolute atomic E-state index is 0. The van der Waals surface area contributed by atoms with E-state index in [0.717, 1.165) is 64.8 Å². The second-order valence-corrected chi connectivity index (χ2v) is 8.68. The first-order chi connectivity index (χ1) is 15.7. The SMILES string of the molecule is CN=C(NCc1ccc(N2CCOCC2)cc1)NCC1CCCOC1c1ccc(C)cc1.I. The zero-order valence-electron chi connectivity index (χ0n) is 19.8. The van der Waals surface area contributed by atoms with Crippen LogP contribution in [0.2, 0.25) is 0 Å². The van der Waals surface area contributed by atoms with E-state index in [4.69, 9.17) is 9.47 Å². The van der Waals surface area contributed by atoms with Gasteiger partial charge in [0.1, 0.15) is 0 Å². The highest BCUT2D eigenvalue weighted by Gasteiger charge is 2.27. The summed E-state index contributed by atoms with van der Waals surface area (Å²) >= 11 is 0. The van der Waals surface area contributed by atoms with Gasteiger partial charge in [-0.1, -0.05) is 42.0 Å². The molecule has 0 aromatic heterocycles. The number of nitrogens with one attached hydrogen (secondary N) is 2. The third-order valence-electron chi connectivity index (χ3n) is 6.38. The summed E-state index contributed by atoms with van der Waals surface area (Å²) in [5.41, 5.74) is 5.05. The Morgan fingerprint density at radius 3 is 2.42 bits per heavy atom. The normalized spacial score (nSPS) is 21.3. The van der Waals surface area contributed by atoms with Crippen molar-refractivity contribution in [3.05, 3.63) is 65.2 Å². The highest BCUT2D eigenvalue weighted by Crippen LogP contribution is 2.33. The second kappa shape index (κ2) is 13.2. The lowest BCUT2D eigenvalue weighted by atomic mass is 9.89. The van der Waals surface area contributed by atoms with E-state index in [1.807, 2.05) is 7.05 Å². The summed E-state index contributed by atoms with van der Waals surface area (Å²) in [6.07, 6.45) is 2.41.